The lowest BCUT2D eigenvalue weighted by molar-refractivity contribution is -0.121. The third kappa shape index (κ3) is 4.84. The van der Waals surface area contributed by atoms with Gasteiger partial charge in [-0.25, -0.2) is 4.98 Å². The maximum Gasteiger partial charge on any atom is 0.258 e. The molecule has 0 aliphatic carbocycles. The van der Waals surface area contributed by atoms with Gasteiger partial charge in [0, 0.05) is 12.8 Å². The molecule has 1 aromatic heterocycles. The molecule has 7 heteroatoms. The molecule has 0 saturated carbocycles. The quantitative estimate of drug-likeness (QED) is 0.595. The predicted molar refractivity (Wildman–Crippen MR) is 102 cm³/mol. The van der Waals surface area contributed by atoms with Gasteiger partial charge >= 0.3 is 0 Å². The molecular formula is C20H21N3O4. The van der Waals surface area contributed by atoms with Gasteiger partial charge in [0.1, 0.15) is 12.4 Å². The van der Waals surface area contributed by atoms with Crippen LogP contribution in [0, 0.1) is 0 Å². The summed E-state index contributed by atoms with van der Waals surface area (Å²) in [7, 11) is 1.58. The smallest absolute Gasteiger partial charge is 0.258 e. The number of ether oxygens (including phenoxy) is 2. The van der Waals surface area contributed by atoms with Gasteiger partial charge in [-0.1, -0.05) is 24.3 Å². The first-order valence-electron chi connectivity index (χ1n) is 8.68. The third-order valence-corrected chi connectivity index (χ3v) is 4.00. The highest BCUT2D eigenvalue weighted by Gasteiger charge is 2.07. The molecule has 2 N–H and O–H groups in total. The minimum atomic E-state index is -0.193. The van der Waals surface area contributed by atoms with E-state index in [1.54, 1.807) is 25.3 Å². The summed E-state index contributed by atoms with van der Waals surface area (Å²) >= 11 is 0. The summed E-state index contributed by atoms with van der Waals surface area (Å²) in [4.78, 5) is 31.1. The Bertz CT molecular complexity index is 984. The number of aromatic nitrogens is 2. The molecule has 140 valence electrons. The number of hydrogen-bond acceptors (Lipinski definition) is 5. The molecule has 0 spiro atoms. The maximum atomic E-state index is 12.0. The lowest BCUT2D eigenvalue weighted by atomic mass is 10.2. The second-order valence-corrected chi connectivity index (χ2v) is 5.88. The van der Waals surface area contributed by atoms with E-state index in [0.717, 1.165) is 0 Å². The van der Waals surface area contributed by atoms with Crippen molar-refractivity contribution in [1.29, 1.82) is 0 Å². The fraction of sp³-hybridized carbons (Fsp3) is 0.250. The summed E-state index contributed by atoms with van der Waals surface area (Å²) in [6.07, 6.45) is 0.592. The highest BCUT2D eigenvalue weighted by molar-refractivity contribution is 5.78. The monoisotopic (exact) mass is 367 g/mol. The van der Waals surface area contributed by atoms with Gasteiger partial charge in [0.2, 0.25) is 5.91 Å². The second-order valence-electron chi connectivity index (χ2n) is 5.88. The molecule has 27 heavy (non-hydrogen) atoms. The van der Waals surface area contributed by atoms with Gasteiger partial charge in [-0.2, -0.15) is 0 Å². The Morgan fingerprint density at radius 1 is 1.11 bits per heavy atom. The number of methoxy groups -OCH3 is 1. The standard InChI is InChI=1S/C20H21N3O4/c1-26-16-8-4-5-9-17(16)27-13-12-21-19(24)11-10-18-22-15-7-3-2-6-14(15)20(25)23-18/h2-9H,10-13H2,1H3,(H,21,24)(H,22,23,25). The van der Waals surface area contributed by atoms with E-state index >= 15 is 0 Å². The molecule has 7 nitrogen and oxygen atoms in total. The van der Waals surface area contributed by atoms with E-state index in [1.807, 2.05) is 30.3 Å². The minimum absolute atomic E-state index is 0.130. The highest BCUT2D eigenvalue weighted by atomic mass is 16.5. The van der Waals surface area contributed by atoms with Crippen molar-refractivity contribution in [3.05, 3.63) is 64.7 Å². The fourth-order valence-electron chi connectivity index (χ4n) is 2.66. The van der Waals surface area contributed by atoms with Gasteiger partial charge in [-0.15, -0.1) is 0 Å². The largest absolute Gasteiger partial charge is 0.493 e. The van der Waals surface area contributed by atoms with Crippen LogP contribution < -0.4 is 20.3 Å². The number of nitrogens with one attached hydrogen (secondary N) is 2. The summed E-state index contributed by atoms with van der Waals surface area (Å²) in [5, 5.41) is 3.33. The van der Waals surface area contributed by atoms with Crippen molar-refractivity contribution in [2.75, 3.05) is 20.3 Å². The van der Waals surface area contributed by atoms with Crippen LogP contribution in [-0.2, 0) is 11.2 Å². The van der Waals surface area contributed by atoms with Crippen LogP contribution in [0.1, 0.15) is 12.2 Å². The van der Waals surface area contributed by atoms with Crippen LogP contribution in [0.5, 0.6) is 11.5 Å². The summed E-state index contributed by atoms with van der Waals surface area (Å²) < 4.78 is 10.8. The second kappa shape index (κ2) is 8.84. The Kier molecular flexibility index (Phi) is 6.04. The summed E-state index contributed by atoms with van der Waals surface area (Å²) in [6.45, 7) is 0.704. The maximum absolute atomic E-state index is 12.0. The number of carbonyl (C=O) groups excluding carboxylic acids is 1. The van der Waals surface area contributed by atoms with Crippen LogP contribution in [0.15, 0.2) is 53.3 Å². The molecule has 0 atom stereocenters. The van der Waals surface area contributed by atoms with Crippen LogP contribution in [0.4, 0.5) is 0 Å². The van der Waals surface area contributed by atoms with Crippen molar-refractivity contribution in [3.63, 3.8) is 0 Å². The van der Waals surface area contributed by atoms with Gasteiger partial charge in [0.25, 0.3) is 5.56 Å². The first kappa shape index (κ1) is 18.4. The first-order valence-corrected chi connectivity index (χ1v) is 8.68. The summed E-state index contributed by atoms with van der Waals surface area (Å²) in [6, 6.07) is 14.5. The van der Waals surface area contributed by atoms with E-state index in [-0.39, 0.29) is 17.9 Å². The fourth-order valence-corrected chi connectivity index (χ4v) is 2.66. The molecule has 0 aliphatic rings. The number of amides is 1. The molecule has 0 aliphatic heterocycles. The van der Waals surface area contributed by atoms with Crippen LogP contribution in [0.25, 0.3) is 10.9 Å². The molecule has 1 amide bonds. The Morgan fingerprint density at radius 3 is 2.67 bits per heavy atom. The van der Waals surface area contributed by atoms with Crippen LogP contribution >= 0.6 is 0 Å². The minimum Gasteiger partial charge on any atom is -0.493 e. The summed E-state index contributed by atoms with van der Waals surface area (Å²) in [5.74, 6) is 1.65. The number of H-pyrrole nitrogens is 1. The van der Waals surface area contributed by atoms with Crippen LogP contribution in [-0.4, -0.2) is 36.1 Å². The molecule has 2 aromatic carbocycles. The van der Waals surface area contributed by atoms with Gasteiger partial charge in [-0.05, 0) is 24.3 Å². The molecule has 3 rings (SSSR count). The Hall–Kier alpha value is -3.35. The lowest BCUT2D eigenvalue weighted by Crippen LogP contribution is -2.28. The molecule has 0 bridgehead atoms. The topological polar surface area (TPSA) is 93.3 Å². The van der Waals surface area contributed by atoms with Crippen molar-refractivity contribution < 1.29 is 14.3 Å². The first-order chi connectivity index (χ1) is 13.2. The SMILES string of the molecule is COc1ccccc1OCCNC(=O)CCc1nc2ccccc2c(=O)[nH]1. The van der Waals surface area contributed by atoms with Crippen molar-refractivity contribution in [2.45, 2.75) is 12.8 Å². The van der Waals surface area contributed by atoms with Gasteiger partial charge in [-0.3, -0.25) is 9.59 Å². The molecule has 0 fully saturated rings. The number of nitrogens with zero attached hydrogens (tertiary/aromatic N) is 1. The average molecular weight is 367 g/mol. The number of fused-ring (bicyclic) bond motifs is 1. The number of aryl methyl sites for hydroxylation is 1. The van der Waals surface area contributed by atoms with E-state index < -0.39 is 0 Å². The molecule has 0 radical (unpaired) electrons. The lowest BCUT2D eigenvalue weighted by Gasteiger charge is -2.10. The molecule has 0 saturated heterocycles. The highest BCUT2D eigenvalue weighted by Crippen LogP contribution is 2.25. The Labute approximate surface area is 156 Å². The predicted octanol–water partition coefficient (Wildman–Crippen LogP) is 2.06. The average Bonchev–Trinajstić information content (AvgIpc) is 2.70. The number of carbonyl (C=O) groups is 1. The molecule has 0 unspecified atom stereocenters. The Balaban J connectivity index is 1.45. The number of rotatable bonds is 8. The van der Waals surface area contributed by atoms with E-state index in [4.69, 9.17) is 9.47 Å². The van der Waals surface area contributed by atoms with E-state index in [1.165, 1.54) is 0 Å². The van der Waals surface area contributed by atoms with Crippen LogP contribution in [0.3, 0.4) is 0 Å². The molecule has 3 aromatic rings. The number of aromatic amines is 1. The number of benzene rings is 2. The van der Waals surface area contributed by atoms with Crippen molar-refractivity contribution >= 4 is 16.8 Å². The Morgan fingerprint density at radius 2 is 1.85 bits per heavy atom. The van der Waals surface area contributed by atoms with Crippen molar-refractivity contribution in [3.8, 4) is 11.5 Å². The zero-order valence-corrected chi connectivity index (χ0v) is 15.0. The number of para-hydroxylation sites is 3. The van der Waals surface area contributed by atoms with Gasteiger partial charge < -0.3 is 19.8 Å². The van der Waals surface area contributed by atoms with Crippen molar-refractivity contribution in [2.24, 2.45) is 0 Å². The third-order valence-electron chi connectivity index (χ3n) is 4.00. The van der Waals surface area contributed by atoms with Gasteiger partial charge in [0.15, 0.2) is 11.5 Å². The zero-order valence-electron chi connectivity index (χ0n) is 15.0. The number of hydrogen-bond donors (Lipinski definition) is 2. The normalized spacial score (nSPS) is 10.6. The van der Waals surface area contributed by atoms with E-state index in [9.17, 15) is 9.59 Å². The van der Waals surface area contributed by atoms with Crippen LogP contribution in [0.2, 0.25) is 0 Å². The van der Waals surface area contributed by atoms with E-state index in [0.29, 0.717) is 47.8 Å². The van der Waals surface area contributed by atoms with Crippen molar-refractivity contribution in [1.82, 2.24) is 15.3 Å². The summed E-state index contributed by atoms with van der Waals surface area (Å²) in [5.41, 5.74) is 0.433. The van der Waals surface area contributed by atoms with Gasteiger partial charge in [0.05, 0.1) is 24.6 Å². The van der Waals surface area contributed by atoms with E-state index in [2.05, 4.69) is 15.3 Å². The molecular weight excluding hydrogens is 346 g/mol. The zero-order chi connectivity index (χ0) is 19.1. The molecule has 1 heterocycles.